The highest BCUT2D eigenvalue weighted by atomic mass is 79.9. The number of benzene rings is 1. The molecule has 0 saturated heterocycles. The molecular formula is C13H19BrN2O2S. The fourth-order valence-corrected chi connectivity index (χ4v) is 4.38. The van der Waals surface area contributed by atoms with Gasteiger partial charge in [-0.3, -0.25) is 0 Å². The Morgan fingerprint density at radius 1 is 1.47 bits per heavy atom. The lowest BCUT2D eigenvalue weighted by atomic mass is 10.2. The van der Waals surface area contributed by atoms with Crippen LogP contribution in [0.4, 0.5) is 0 Å². The van der Waals surface area contributed by atoms with Crippen LogP contribution in [0, 0.1) is 5.92 Å². The van der Waals surface area contributed by atoms with E-state index in [1.165, 1.54) is 12.8 Å². The molecule has 1 aromatic rings. The Kier molecular flexibility index (Phi) is 4.66. The smallest absolute Gasteiger partial charge is 0.241 e. The molecular weight excluding hydrogens is 328 g/mol. The predicted octanol–water partition coefficient (Wildman–Crippen LogP) is 2.37. The van der Waals surface area contributed by atoms with E-state index in [0.717, 1.165) is 12.0 Å². The highest BCUT2D eigenvalue weighted by Gasteiger charge is 2.27. The van der Waals surface area contributed by atoms with Crippen molar-refractivity contribution in [3.05, 3.63) is 28.2 Å². The van der Waals surface area contributed by atoms with Gasteiger partial charge in [-0.05, 0) is 52.9 Å². The molecule has 0 heterocycles. The fraction of sp³-hybridized carbons (Fsp3) is 0.538. The first-order valence-electron chi connectivity index (χ1n) is 6.43. The van der Waals surface area contributed by atoms with E-state index < -0.39 is 10.0 Å². The lowest BCUT2D eigenvalue weighted by molar-refractivity contribution is 0.529. The molecule has 1 aliphatic rings. The summed E-state index contributed by atoms with van der Waals surface area (Å²) in [5.41, 5.74) is 6.36. The minimum absolute atomic E-state index is 0.0362. The van der Waals surface area contributed by atoms with Gasteiger partial charge in [-0.15, -0.1) is 0 Å². The molecule has 1 fully saturated rings. The Hall–Kier alpha value is -0.430. The third-order valence-electron chi connectivity index (χ3n) is 3.26. The zero-order chi connectivity index (χ0) is 14.0. The van der Waals surface area contributed by atoms with Crippen molar-refractivity contribution in [3.63, 3.8) is 0 Å². The van der Waals surface area contributed by atoms with Crippen LogP contribution < -0.4 is 10.5 Å². The SMILES string of the molecule is CC(CC1CC1)NS(=O)(=O)c1cc(CN)ccc1Br. The summed E-state index contributed by atoms with van der Waals surface area (Å²) in [6, 6.07) is 5.13. The second kappa shape index (κ2) is 5.91. The lowest BCUT2D eigenvalue weighted by Crippen LogP contribution is -2.33. The van der Waals surface area contributed by atoms with Gasteiger partial charge in [0.25, 0.3) is 0 Å². The average molecular weight is 347 g/mol. The second-order valence-corrected chi connectivity index (χ2v) is 7.71. The van der Waals surface area contributed by atoms with Gasteiger partial charge in [-0.25, -0.2) is 13.1 Å². The number of nitrogens with two attached hydrogens (primary N) is 1. The van der Waals surface area contributed by atoms with Crippen molar-refractivity contribution in [1.82, 2.24) is 4.72 Å². The van der Waals surface area contributed by atoms with Gasteiger partial charge in [0.15, 0.2) is 0 Å². The van der Waals surface area contributed by atoms with Crippen molar-refractivity contribution >= 4 is 26.0 Å². The van der Waals surface area contributed by atoms with Crippen molar-refractivity contribution in [2.45, 2.75) is 43.7 Å². The summed E-state index contributed by atoms with van der Waals surface area (Å²) >= 11 is 3.29. The van der Waals surface area contributed by atoms with Crippen LogP contribution in [0.25, 0.3) is 0 Å². The first-order chi connectivity index (χ1) is 8.92. The van der Waals surface area contributed by atoms with E-state index in [0.29, 0.717) is 16.9 Å². The maximum absolute atomic E-state index is 12.4. The molecule has 106 valence electrons. The van der Waals surface area contributed by atoms with Gasteiger partial charge in [0.1, 0.15) is 0 Å². The molecule has 6 heteroatoms. The van der Waals surface area contributed by atoms with Gasteiger partial charge < -0.3 is 5.73 Å². The summed E-state index contributed by atoms with van der Waals surface area (Å²) in [5.74, 6) is 0.691. The van der Waals surface area contributed by atoms with Crippen LogP contribution in [0.2, 0.25) is 0 Å². The van der Waals surface area contributed by atoms with Crippen LogP contribution in [0.3, 0.4) is 0 Å². The maximum Gasteiger partial charge on any atom is 0.241 e. The predicted molar refractivity (Wildman–Crippen MR) is 79.2 cm³/mol. The van der Waals surface area contributed by atoms with E-state index >= 15 is 0 Å². The number of halogens is 1. The summed E-state index contributed by atoms with van der Waals surface area (Å²) < 4.78 is 28.0. The van der Waals surface area contributed by atoms with Crippen molar-refractivity contribution in [1.29, 1.82) is 0 Å². The summed E-state index contributed by atoms with van der Waals surface area (Å²) in [6.07, 6.45) is 3.35. The van der Waals surface area contributed by atoms with E-state index in [2.05, 4.69) is 20.7 Å². The minimum Gasteiger partial charge on any atom is -0.326 e. The molecule has 1 unspecified atom stereocenters. The Morgan fingerprint density at radius 2 is 2.16 bits per heavy atom. The van der Waals surface area contributed by atoms with Gasteiger partial charge in [-0.1, -0.05) is 18.9 Å². The Balaban J connectivity index is 2.17. The minimum atomic E-state index is -3.49. The van der Waals surface area contributed by atoms with Crippen LogP contribution >= 0.6 is 15.9 Å². The molecule has 19 heavy (non-hydrogen) atoms. The quantitative estimate of drug-likeness (QED) is 0.830. The molecule has 1 aromatic carbocycles. The first kappa shape index (κ1) is 15.0. The maximum atomic E-state index is 12.4. The van der Waals surface area contributed by atoms with Crippen LogP contribution in [0.1, 0.15) is 31.7 Å². The van der Waals surface area contributed by atoms with Gasteiger partial charge in [0.2, 0.25) is 10.0 Å². The molecule has 0 amide bonds. The van der Waals surface area contributed by atoms with Crippen molar-refractivity contribution in [2.24, 2.45) is 11.7 Å². The summed E-state index contributed by atoms with van der Waals surface area (Å²) in [5, 5.41) is 0. The molecule has 0 radical (unpaired) electrons. The zero-order valence-electron chi connectivity index (χ0n) is 10.9. The number of hydrogen-bond donors (Lipinski definition) is 2. The molecule has 0 aromatic heterocycles. The van der Waals surface area contributed by atoms with Crippen molar-refractivity contribution < 1.29 is 8.42 Å². The van der Waals surface area contributed by atoms with Crippen LogP contribution in [0.5, 0.6) is 0 Å². The second-order valence-electron chi connectivity index (χ2n) is 5.17. The number of rotatable bonds is 6. The Labute approximate surface area is 122 Å². The van der Waals surface area contributed by atoms with Crippen LogP contribution in [-0.2, 0) is 16.6 Å². The topological polar surface area (TPSA) is 72.2 Å². The zero-order valence-corrected chi connectivity index (χ0v) is 13.3. The van der Waals surface area contributed by atoms with E-state index in [9.17, 15) is 8.42 Å². The molecule has 1 atom stereocenters. The average Bonchev–Trinajstić information content (AvgIpc) is 3.12. The standard InChI is InChI=1S/C13H19BrN2O2S/c1-9(6-10-2-3-10)16-19(17,18)13-7-11(8-15)4-5-12(13)14/h4-5,7,9-10,16H,2-3,6,8,15H2,1H3. The third kappa shape index (κ3) is 4.02. The van der Waals surface area contributed by atoms with Crippen LogP contribution in [-0.4, -0.2) is 14.5 Å². The molecule has 1 aliphatic carbocycles. The fourth-order valence-electron chi connectivity index (χ4n) is 2.11. The van der Waals surface area contributed by atoms with Gasteiger partial charge in [0, 0.05) is 17.1 Å². The highest BCUT2D eigenvalue weighted by molar-refractivity contribution is 9.10. The largest absolute Gasteiger partial charge is 0.326 e. The summed E-state index contributed by atoms with van der Waals surface area (Å²) in [4.78, 5) is 0.262. The summed E-state index contributed by atoms with van der Waals surface area (Å²) in [6.45, 7) is 2.24. The molecule has 0 spiro atoms. The van der Waals surface area contributed by atoms with Crippen LogP contribution in [0.15, 0.2) is 27.6 Å². The van der Waals surface area contributed by atoms with Crippen molar-refractivity contribution in [3.8, 4) is 0 Å². The summed E-state index contributed by atoms with van der Waals surface area (Å²) in [7, 11) is -3.49. The monoisotopic (exact) mass is 346 g/mol. The van der Waals surface area contributed by atoms with Gasteiger partial charge in [0.05, 0.1) is 4.90 Å². The normalized spacial score (nSPS) is 17.4. The third-order valence-corrected chi connectivity index (χ3v) is 5.84. The molecule has 3 N–H and O–H groups in total. The highest BCUT2D eigenvalue weighted by Crippen LogP contribution is 2.34. The molecule has 0 aliphatic heterocycles. The van der Waals surface area contributed by atoms with E-state index in [1.807, 2.05) is 13.0 Å². The molecule has 4 nitrogen and oxygen atoms in total. The lowest BCUT2D eigenvalue weighted by Gasteiger charge is -2.15. The van der Waals surface area contributed by atoms with E-state index in [4.69, 9.17) is 5.73 Å². The van der Waals surface area contributed by atoms with E-state index in [-0.39, 0.29) is 10.9 Å². The molecule has 0 bridgehead atoms. The van der Waals surface area contributed by atoms with Crippen molar-refractivity contribution in [2.75, 3.05) is 0 Å². The Morgan fingerprint density at radius 3 is 2.74 bits per heavy atom. The van der Waals surface area contributed by atoms with Gasteiger partial charge in [-0.2, -0.15) is 0 Å². The first-order valence-corrected chi connectivity index (χ1v) is 8.71. The molecule has 1 saturated carbocycles. The van der Waals surface area contributed by atoms with Gasteiger partial charge >= 0.3 is 0 Å². The number of hydrogen-bond acceptors (Lipinski definition) is 3. The Bertz CT molecular complexity index is 556. The molecule has 2 rings (SSSR count). The number of sulfonamides is 1. The van der Waals surface area contributed by atoms with E-state index in [1.54, 1.807) is 12.1 Å². The number of nitrogens with one attached hydrogen (secondary N) is 1.